The maximum Gasteiger partial charge on any atom is 0.252 e. The molecule has 3 rings (SSSR count). The van der Waals surface area contributed by atoms with Crippen LogP contribution >= 0.6 is 0 Å². The molecule has 0 saturated carbocycles. The van der Waals surface area contributed by atoms with Gasteiger partial charge in [-0.2, -0.15) is 9.29 Å². The fourth-order valence-electron chi connectivity index (χ4n) is 2.89. The summed E-state index contributed by atoms with van der Waals surface area (Å²) >= 11 is 0. The Morgan fingerprint density at radius 2 is 2.08 bits per heavy atom. The van der Waals surface area contributed by atoms with Gasteiger partial charge in [-0.05, 0) is 18.4 Å². The first-order chi connectivity index (χ1) is 12.6. The van der Waals surface area contributed by atoms with Gasteiger partial charge in [-0.25, -0.2) is 8.42 Å². The molecule has 2 heterocycles. The van der Waals surface area contributed by atoms with Crippen LogP contribution in [0.15, 0.2) is 34.9 Å². The van der Waals surface area contributed by atoms with Gasteiger partial charge in [-0.3, -0.25) is 0 Å². The van der Waals surface area contributed by atoms with Crippen molar-refractivity contribution >= 4 is 10.0 Å². The summed E-state index contributed by atoms with van der Waals surface area (Å²) in [4.78, 5) is 4.15. The van der Waals surface area contributed by atoms with Gasteiger partial charge in [0.15, 0.2) is 5.82 Å². The van der Waals surface area contributed by atoms with Gasteiger partial charge in [0.25, 0.3) is 5.89 Å². The number of hydrogen-bond acceptors (Lipinski definition) is 7. The zero-order valence-corrected chi connectivity index (χ0v) is 15.5. The van der Waals surface area contributed by atoms with Crippen LogP contribution in [0, 0.1) is 0 Å². The highest BCUT2D eigenvalue weighted by Gasteiger charge is 2.29. The lowest BCUT2D eigenvalue weighted by Gasteiger charge is -2.31. The van der Waals surface area contributed by atoms with Crippen LogP contribution in [0.2, 0.25) is 0 Å². The number of sulfonamides is 1. The van der Waals surface area contributed by atoms with E-state index in [2.05, 4.69) is 10.1 Å². The minimum atomic E-state index is -3.37. The summed E-state index contributed by atoms with van der Waals surface area (Å²) in [5.41, 5.74) is 0.785. The van der Waals surface area contributed by atoms with E-state index in [0.29, 0.717) is 24.8 Å². The summed E-state index contributed by atoms with van der Waals surface area (Å²) in [6.45, 7) is 1.31. The molecule has 1 aliphatic rings. The molecule has 9 heteroatoms. The second-order valence-corrected chi connectivity index (χ2v) is 8.18. The first-order valence-electron chi connectivity index (χ1n) is 8.50. The molecule has 1 aromatic heterocycles. The molecular weight excluding hydrogens is 358 g/mol. The van der Waals surface area contributed by atoms with Gasteiger partial charge in [0.1, 0.15) is 13.2 Å². The van der Waals surface area contributed by atoms with Crippen LogP contribution in [0.25, 0.3) is 0 Å². The van der Waals surface area contributed by atoms with Crippen molar-refractivity contribution in [3.8, 4) is 0 Å². The lowest BCUT2D eigenvalue weighted by Crippen LogP contribution is -2.43. The van der Waals surface area contributed by atoms with E-state index in [1.807, 2.05) is 30.3 Å². The van der Waals surface area contributed by atoms with Crippen molar-refractivity contribution in [2.45, 2.75) is 37.9 Å². The van der Waals surface area contributed by atoms with Gasteiger partial charge >= 0.3 is 0 Å². The standard InChI is InChI=1S/C17H23N3O5S/c1-23-12-17-18-16(19-25-17)11-24-15-8-5-9-20(10-15)26(21,22)13-14-6-3-2-4-7-14/h2-4,6-7,15H,5,8-13H2,1H3. The zero-order chi connectivity index (χ0) is 18.4. The van der Waals surface area contributed by atoms with E-state index < -0.39 is 10.0 Å². The number of methoxy groups -OCH3 is 1. The van der Waals surface area contributed by atoms with E-state index in [0.717, 1.165) is 18.4 Å². The van der Waals surface area contributed by atoms with Crippen LogP contribution in [0.3, 0.4) is 0 Å². The number of aromatic nitrogens is 2. The maximum absolute atomic E-state index is 12.7. The summed E-state index contributed by atoms with van der Waals surface area (Å²) in [7, 11) is -1.82. The van der Waals surface area contributed by atoms with Crippen LogP contribution in [-0.2, 0) is 38.5 Å². The monoisotopic (exact) mass is 381 g/mol. The molecule has 1 aromatic carbocycles. The van der Waals surface area contributed by atoms with Crippen molar-refractivity contribution in [3.63, 3.8) is 0 Å². The molecule has 1 fully saturated rings. The highest BCUT2D eigenvalue weighted by Crippen LogP contribution is 2.20. The number of rotatable bonds is 8. The van der Waals surface area contributed by atoms with Crippen molar-refractivity contribution < 1.29 is 22.4 Å². The Morgan fingerprint density at radius 3 is 2.85 bits per heavy atom. The van der Waals surface area contributed by atoms with E-state index in [4.69, 9.17) is 14.0 Å². The predicted octanol–water partition coefficient (Wildman–Crippen LogP) is 1.73. The van der Waals surface area contributed by atoms with E-state index in [-0.39, 0.29) is 25.1 Å². The van der Waals surface area contributed by atoms with Gasteiger partial charge in [0.2, 0.25) is 10.0 Å². The van der Waals surface area contributed by atoms with Crippen molar-refractivity contribution in [2.24, 2.45) is 0 Å². The number of hydrogen-bond donors (Lipinski definition) is 0. The Balaban J connectivity index is 1.54. The molecule has 0 N–H and O–H groups in total. The minimum absolute atomic E-state index is 0.00573. The van der Waals surface area contributed by atoms with Crippen LogP contribution < -0.4 is 0 Å². The number of piperidine rings is 1. The first-order valence-corrected chi connectivity index (χ1v) is 10.1. The van der Waals surface area contributed by atoms with Gasteiger partial charge in [-0.15, -0.1) is 0 Å². The van der Waals surface area contributed by atoms with E-state index >= 15 is 0 Å². The molecule has 26 heavy (non-hydrogen) atoms. The normalized spacial score (nSPS) is 18.9. The van der Waals surface area contributed by atoms with E-state index in [9.17, 15) is 8.42 Å². The van der Waals surface area contributed by atoms with Gasteiger partial charge in [-0.1, -0.05) is 35.5 Å². The molecular formula is C17H23N3O5S. The second-order valence-electron chi connectivity index (χ2n) is 6.21. The highest BCUT2D eigenvalue weighted by atomic mass is 32.2. The van der Waals surface area contributed by atoms with Crippen molar-refractivity contribution in [1.29, 1.82) is 0 Å². The SMILES string of the molecule is COCc1nc(COC2CCCN(S(=O)(=O)Cc3ccccc3)C2)no1. The summed E-state index contributed by atoms with van der Waals surface area (Å²) in [6, 6.07) is 9.20. The molecule has 1 aliphatic heterocycles. The van der Waals surface area contributed by atoms with E-state index in [1.54, 1.807) is 7.11 Å². The van der Waals surface area contributed by atoms with Gasteiger partial charge in [0.05, 0.1) is 11.9 Å². The lowest BCUT2D eigenvalue weighted by atomic mass is 10.1. The molecule has 142 valence electrons. The Bertz CT molecular complexity index is 794. The third-order valence-electron chi connectivity index (χ3n) is 4.15. The maximum atomic E-state index is 12.7. The quantitative estimate of drug-likeness (QED) is 0.687. The topological polar surface area (TPSA) is 94.8 Å². The van der Waals surface area contributed by atoms with Crippen molar-refractivity contribution in [3.05, 3.63) is 47.6 Å². The van der Waals surface area contributed by atoms with Crippen LogP contribution in [0.1, 0.15) is 30.1 Å². The zero-order valence-electron chi connectivity index (χ0n) is 14.7. The Hall–Kier alpha value is -1.81. The van der Waals surface area contributed by atoms with Gasteiger partial charge < -0.3 is 14.0 Å². The molecule has 0 radical (unpaired) electrons. The molecule has 1 saturated heterocycles. The average Bonchev–Trinajstić information content (AvgIpc) is 3.09. The van der Waals surface area contributed by atoms with Crippen molar-refractivity contribution in [1.82, 2.24) is 14.4 Å². The largest absolute Gasteiger partial charge is 0.375 e. The highest BCUT2D eigenvalue weighted by molar-refractivity contribution is 7.88. The smallest absolute Gasteiger partial charge is 0.252 e. The third kappa shape index (κ3) is 5.10. The third-order valence-corrected chi connectivity index (χ3v) is 5.97. The molecule has 0 bridgehead atoms. The van der Waals surface area contributed by atoms with Crippen LogP contribution in [0.5, 0.6) is 0 Å². The molecule has 0 spiro atoms. The first kappa shape index (κ1) is 19.0. The molecule has 8 nitrogen and oxygen atoms in total. The fourth-order valence-corrected chi connectivity index (χ4v) is 4.49. The number of ether oxygens (including phenoxy) is 2. The number of nitrogens with zero attached hydrogens (tertiary/aromatic N) is 3. The van der Waals surface area contributed by atoms with Crippen LogP contribution in [-0.4, -0.2) is 49.2 Å². The molecule has 1 unspecified atom stereocenters. The lowest BCUT2D eigenvalue weighted by molar-refractivity contribution is 0.00435. The summed E-state index contributed by atoms with van der Waals surface area (Å²) in [5.74, 6) is 0.828. The number of benzene rings is 1. The summed E-state index contributed by atoms with van der Waals surface area (Å²) < 4.78 is 42.6. The summed E-state index contributed by atoms with van der Waals surface area (Å²) in [5, 5.41) is 3.82. The second kappa shape index (κ2) is 8.72. The Kier molecular flexibility index (Phi) is 6.36. The molecule has 0 amide bonds. The summed E-state index contributed by atoms with van der Waals surface area (Å²) in [6.07, 6.45) is 1.39. The van der Waals surface area contributed by atoms with Crippen molar-refractivity contribution in [2.75, 3.05) is 20.2 Å². The molecule has 0 aliphatic carbocycles. The van der Waals surface area contributed by atoms with E-state index in [1.165, 1.54) is 4.31 Å². The minimum Gasteiger partial charge on any atom is -0.375 e. The average molecular weight is 381 g/mol. The molecule has 1 atom stereocenters. The Morgan fingerprint density at radius 1 is 1.27 bits per heavy atom. The Labute approximate surface area is 153 Å². The fraction of sp³-hybridized carbons (Fsp3) is 0.529. The van der Waals surface area contributed by atoms with Gasteiger partial charge in [0, 0.05) is 20.2 Å². The van der Waals surface area contributed by atoms with Crippen LogP contribution in [0.4, 0.5) is 0 Å². The predicted molar refractivity (Wildman–Crippen MR) is 93.5 cm³/mol. The molecule has 2 aromatic rings.